The van der Waals surface area contributed by atoms with Crippen LogP contribution in [0, 0.1) is 5.92 Å². The lowest BCUT2D eigenvalue weighted by Gasteiger charge is -2.26. The fraction of sp³-hybridized carbons (Fsp3) is 0.571. The van der Waals surface area contributed by atoms with E-state index in [0.717, 1.165) is 12.5 Å². The smallest absolute Gasteiger partial charge is 0.138 e. The van der Waals surface area contributed by atoms with Crippen LogP contribution in [-0.2, 0) is 0 Å². The fourth-order valence-corrected chi connectivity index (χ4v) is 2.73. The summed E-state index contributed by atoms with van der Waals surface area (Å²) in [7, 11) is 2.10. The molecule has 0 amide bonds. The Bertz CT molecular complexity index is 427. The maximum atomic E-state index is 6.05. The molecule has 1 fully saturated rings. The lowest BCUT2D eigenvalue weighted by atomic mass is 10.1. The third-order valence-electron chi connectivity index (χ3n) is 3.57. The Balaban J connectivity index is 0.00000200. The number of rotatable bonds is 7. The molecule has 1 aromatic carbocycles. The molecular formula is C14H21Cl3N2O. The van der Waals surface area contributed by atoms with Gasteiger partial charge in [-0.3, -0.25) is 4.90 Å². The zero-order chi connectivity index (χ0) is 13.8. The lowest BCUT2D eigenvalue weighted by Crippen LogP contribution is -2.41. The summed E-state index contributed by atoms with van der Waals surface area (Å²) in [6.07, 6.45) is 2.60. The molecule has 2 rings (SSSR count). The number of benzene rings is 1. The number of hydrogen-bond acceptors (Lipinski definition) is 3. The zero-order valence-corrected chi connectivity index (χ0v) is 13.8. The molecule has 0 heterocycles. The van der Waals surface area contributed by atoms with Crippen molar-refractivity contribution in [2.75, 3.05) is 26.7 Å². The van der Waals surface area contributed by atoms with E-state index in [2.05, 4.69) is 11.9 Å². The molecule has 1 aromatic rings. The van der Waals surface area contributed by atoms with Gasteiger partial charge in [0.15, 0.2) is 0 Å². The van der Waals surface area contributed by atoms with Gasteiger partial charge < -0.3 is 10.5 Å². The molecule has 20 heavy (non-hydrogen) atoms. The molecule has 1 saturated carbocycles. The molecule has 1 unspecified atom stereocenters. The van der Waals surface area contributed by atoms with Gasteiger partial charge in [0.1, 0.15) is 12.4 Å². The minimum Gasteiger partial charge on any atom is -0.491 e. The summed E-state index contributed by atoms with van der Waals surface area (Å²) in [5.41, 5.74) is 5.82. The Morgan fingerprint density at radius 1 is 1.40 bits per heavy atom. The van der Waals surface area contributed by atoms with Gasteiger partial charge in [0.05, 0.1) is 5.02 Å². The summed E-state index contributed by atoms with van der Waals surface area (Å²) in [6, 6.07) is 5.74. The van der Waals surface area contributed by atoms with Gasteiger partial charge in [-0.05, 0) is 44.0 Å². The number of likely N-dealkylation sites (N-methyl/N-ethyl adjacent to an activating group) is 1. The van der Waals surface area contributed by atoms with Crippen LogP contribution in [0.3, 0.4) is 0 Å². The predicted octanol–water partition coefficient (Wildman–Crippen LogP) is 3.46. The number of nitrogens with two attached hydrogens (primary N) is 1. The minimum atomic E-state index is 0. The summed E-state index contributed by atoms with van der Waals surface area (Å²) in [4.78, 5) is 2.28. The minimum absolute atomic E-state index is 0. The molecule has 2 N–H and O–H groups in total. The van der Waals surface area contributed by atoms with Gasteiger partial charge >= 0.3 is 0 Å². The van der Waals surface area contributed by atoms with Crippen molar-refractivity contribution in [1.29, 1.82) is 0 Å². The van der Waals surface area contributed by atoms with Gasteiger partial charge in [-0.25, -0.2) is 0 Å². The normalized spacial score (nSPS) is 15.8. The van der Waals surface area contributed by atoms with Crippen molar-refractivity contribution in [3.8, 4) is 5.75 Å². The van der Waals surface area contributed by atoms with Crippen molar-refractivity contribution >= 4 is 35.6 Å². The van der Waals surface area contributed by atoms with Gasteiger partial charge in [-0.15, -0.1) is 12.4 Å². The molecule has 0 radical (unpaired) electrons. The second kappa shape index (κ2) is 8.30. The number of halogens is 3. The van der Waals surface area contributed by atoms with E-state index in [9.17, 15) is 0 Å². The standard InChI is InChI=1S/C14H20Cl2N2O.ClH/c1-18(13(9-17)10-2-3-10)6-7-19-14-5-4-11(15)8-12(14)16;/h4-5,8,10,13H,2-3,6-7,9,17H2,1H3;1H. The van der Waals surface area contributed by atoms with Crippen LogP contribution >= 0.6 is 35.6 Å². The van der Waals surface area contributed by atoms with E-state index in [1.165, 1.54) is 12.8 Å². The molecule has 3 nitrogen and oxygen atoms in total. The highest BCUT2D eigenvalue weighted by molar-refractivity contribution is 6.35. The molecule has 0 bridgehead atoms. The Labute approximate surface area is 136 Å². The molecule has 1 aliphatic carbocycles. The molecule has 6 heteroatoms. The van der Waals surface area contributed by atoms with E-state index in [-0.39, 0.29) is 12.4 Å². The van der Waals surface area contributed by atoms with Crippen LogP contribution in [0.2, 0.25) is 10.0 Å². The van der Waals surface area contributed by atoms with Crippen molar-refractivity contribution < 1.29 is 4.74 Å². The van der Waals surface area contributed by atoms with Crippen LogP contribution in [0.15, 0.2) is 18.2 Å². The lowest BCUT2D eigenvalue weighted by molar-refractivity contribution is 0.180. The average Bonchev–Trinajstić information content (AvgIpc) is 3.17. The van der Waals surface area contributed by atoms with E-state index in [4.69, 9.17) is 33.7 Å². The molecule has 0 saturated heterocycles. The van der Waals surface area contributed by atoms with E-state index in [1.807, 2.05) is 0 Å². The van der Waals surface area contributed by atoms with Crippen molar-refractivity contribution in [3.63, 3.8) is 0 Å². The Hall–Kier alpha value is -0.190. The molecule has 1 atom stereocenters. The summed E-state index contributed by atoms with van der Waals surface area (Å²) >= 11 is 11.9. The maximum Gasteiger partial charge on any atom is 0.138 e. The summed E-state index contributed by atoms with van der Waals surface area (Å²) in [5.74, 6) is 1.45. The van der Waals surface area contributed by atoms with Crippen molar-refractivity contribution in [2.45, 2.75) is 18.9 Å². The van der Waals surface area contributed by atoms with Gasteiger partial charge in [-0.1, -0.05) is 23.2 Å². The fourth-order valence-electron chi connectivity index (χ4n) is 2.27. The van der Waals surface area contributed by atoms with Crippen LogP contribution in [0.25, 0.3) is 0 Å². The van der Waals surface area contributed by atoms with Gasteiger partial charge in [0, 0.05) is 24.2 Å². The maximum absolute atomic E-state index is 6.05. The first-order valence-corrected chi connectivity index (χ1v) is 7.35. The van der Waals surface area contributed by atoms with Crippen molar-refractivity contribution in [2.24, 2.45) is 11.7 Å². The summed E-state index contributed by atoms with van der Waals surface area (Å²) in [6.45, 7) is 2.15. The molecular weight excluding hydrogens is 319 g/mol. The largest absolute Gasteiger partial charge is 0.491 e. The highest BCUT2D eigenvalue weighted by atomic mass is 35.5. The second-order valence-electron chi connectivity index (χ2n) is 5.04. The molecule has 0 spiro atoms. The topological polar surface area (TPSA) is 38.5 Å². The number of ether oxygens (including phenoxy) is 1. The quantitative estimate of drug-likeness (QED) is 0.827. The first kappa shape index (κ1) is 17.9. The van der Waals surface area contributed by atoms with E-state index in [0.29, 0.717) is 35.0 Å². The van der Waals surface area contributed by atoms with Crippen LogP contribution in [0.4, 0.5) is 0 Å². The SMILES string of the molecule is CN(CCOc1ccc(Cl)cc1Cl)C(CN)C1CC1.Cl. The third-order valence-corrected chi connectivity index (χ3v) is 4.10. The molecule has 0 aliphatic heterocycles. The highest BCUT2D eigenvalue weighted by Crippen LogP contribution is 2.34. The first-order valence-electron chi connectivity index (χ1n) is 6.60. The van der Waals surface area contributed by atoms with E-state index in [1.54, 1.807) is 18.2 Å². The summed E-state index contributed by atoms with van der Waals surface area (Å²) in [5, 5.41) is 1.17. The van der Waals surface area contributed by atoms with E-state index < -0.39 is 0 Å². The predicted molar refractivity (Wildman–Crippen MR) is 87.4 cm³/mol. The average molecular weight is 340 g/mol. The van der Waals surface area contributed by atoms with E-state index >= 15 is 0 Å². The van der Waals surface area contributed by atoms with Crippen LogP contribution in [0.5, 0.6) is 5.75 Å². The first-order chi connectivity index (χ1) is 9.11. The van der Waals surface area contributed by atoms with Gasteiger partial charge in [0.2, 0.25) is 0 Å². The van der Waals surface area contributed by atoms with Crippen molar-refractivity contribution in [1.82, 2.24) is 4.90 Å². The Kier molecular flexibility index (Phi) is 7.41. The van der Waals surface area contributed by atoms with Crippen LogP contribution in [0.1, 0.15) is 12.8 Å². The Morgan fingerprint density at radius 2 is 2.10 bits per heavy atom. The monoisotopic (exact) mass is 338 g/mol. The van der Waals surface area contributed by atoms with Crippen LogP contribution < -0.4 is 10.5 Å². The molecule has 0 aromatic heterocycles. The zero-order valence-electron chi connectivity index (χ0n) is 11.5. The number of hydrogen-bond donors (Lipinski definition) is 1. The molecule has 114 valence electrons. The Morgan fingerprint density at radius 3 is 2.65 bits per heavy atom. The van der Waals surface area contributed by atoms with Crippen molar-refractivity contribution in [3.05, 3.63) is 28.2 Å². The summed E-state index contributed by atoms with van der Waals surface area (Å²) < 4.78 is 5.68. The second-order valence-corrected chi connectivity index (χ2v) is 5.89. The third kappa shape index (κ3) is 4.97. The molecule has 1 aliphatic rings. The van der Waals surface area contributed by atoms with Gasteiger partial charge in [-0.2, -0.15) is 0 Å². The highest BCUT2D eigenvalue weighted by Gasteiger charge is 2.32. The number of nitrogens with zero attached hydrogens (tertiary/aromatic N) is 1. The van der Waals surface area contributed by atoms with Crippen LogP contribution in [-0.4, -0.2) is 37.7 Å². The van der Waals surface area contributed by atoms with Gasteiger partial charge in [0.25, 0.3) is 0 Å².